The van der Waals surface area contributed by atoms with E-state index >= 15 is 0 Å². The Kier molecular flexibility index (Phi) is 3.75. The molecule has 1 fully saturated rings. The van der Waals surface area contributed by atoms with Gasteiger partial charge in [0.2, 0.25) is 6.29 Å². The first-order valence-electron chi connectivity index (χ1n) is 7.99. The van der Waals surface area contributed by atoms with Crippen LogP contribution in [0.2, 0.25) is 0 Å². The topological polar surface area (TPSA) is 50.7 Å². The SMILES string of the molecule is CC1Oc2ccc(CN3CCN(c4cccnn4)CC3)cc2O1. The van der Waals surface area contributed by atoms with E-state index in [0.717, 1.165) is 50.0 Å². The number of anilines is 1. The van der Waals surface area contributed by atoms with Crippen molar-refractivity contribution >= 4 is 5.82 Å². The molecule has 23 heavy (non-hydrogen) atoms. The van der Waals surface area contributed by atoms with E-state index in [-0.39, 0.29) is 6.29 Å². The highest BCUT2D eigenvalue weighted by Crippen LogP contribution is 2.35. The van der Waals surface area contributed by atoms with Crippen molar-refractivity contribution < 1.29 is 9.47 Å². The number of piperazine rings is 1. The summed E-state index contributed by atoms with van der Waals surface area (Å²) in [6.07, 6.45) is 1.52. The van der Waals surface area contributed by atoms with Crippen LogP contribution in [0.3, 0.4) is 0 Å². The Labute approximate surface area is 135 Å². The smallest absolute Gasteiger partial charge is 0.238 e. The first-order chi connectivity index (χ1) is 11.3. The maximum absolute atomic E-state index is 5.65. The molecule has 1 aromatic carbocycles. The molecule has 120 valence electrons. The zero-order chi connectivity index (χ0) is 15.6. The Hall–Kier alpha value is -2.34. The summed E-state index contributed by atoms with van der Waals surface area (Å²) in [5.41, 5.74) is 1.26. The Bertz CT molecular complexity index is 672. The van der Waals surface area contributed by atoms with Crippen LogP contribution in [0, 0.1) is 0 Å². The average molecular weight is 312 g/mol. The molecule has 0 bridgehead atoms. The summed E-state index contributed by atoms with van der Waals surface area (Å²) in [5.74, 6) is 2.66. The molecule has 0 radical (unpaired) electrons. The van der Waals surface area contributed by atoms with Crippen LogP contribution in [-0.2, 0) is 6.54 Å². The minimum atomic E-state index is -0.184. The lowest BCUT2D eigenvalue weighted by Gasteiger charge is -2.35. The summed E-state index contributed by atoms with van der Waals surface area (Å²) in [4.78, 5) is 4.73. The van der Waals surface area contributed by atoms with Gasteiger partial charge in [-0.1, -0.05) is 6.07 Å². The third-order valence-electron chi connectivity index (χ3n) is 4.25. The first-order valence-corrected chi connectivity index (χ1v) is 7.99. The van der Waals surface area contributed by atoms with E-state index in [0.29, 0.717) is 0 Å². The van der Waals surface area contributed by atoms with E-state index in [1.165, 1.54) is 5.56 Å². The number of ether oxygens (including phenoxy) is 2. The quantitative estimate of drug-likeness (QED) is 0.863. The fourth-order valence-electron chi connectivity index (χ4n) is 3.08. The van der Waals surface area contributed by atoms with Crippen molar-refractivity contribution in [1.82, 2.24) is 15.1 Å². The van der Waals surface area contributed by atoms with Gasteiger partial charge in [0.25, 0.3) is 0 Å². The molecule has 2 aromatic rings. The summed E-state index contributed by atoms with van der Waals surface area (Å²) in [5, 5.41) is 8.14. The number of rotatable bonds is 3. The number of aromatic nitrogens is 2. The molecule has 0 spiro atoms. The molecule has 1 saturated heterocycles. The van der Waals surface area contributed by atoms with Crippen LogP contribution >= 0.6 is 0 Å². The van der Waals surface area contributed by atoms with Gasteiger partial charge in [0.05, 0.1) is 0 Å². The van der Waals surface area contributed by atoms with Gasteiger partial charge in [-0.3, -0.25) is 4.90 Å². The first kappa shape index (κ1) is 14.3. The average Bonchev–Trinajstić information content (AvgIpc) is 2.96. The standard InChI is InChI=1S/C17H20N4O2/c1-13-22-15-5-4-14(11-16(15)23-13)12-20-7-9-21(10-8-20)17-3-2-6-18-19-17/h2-6,11,13H,7-10,12H2,1H3. The van der Waals surface area contributed by atoms with Gasteiger partial charge in [0, 0.05) is 45.8 Å². The van der Waals surface area contributed by atoms with Crippen LogP contribution < -0.4 is 14.4 Å². The van der Waals surface area contributed by atoms with Gasteiger partial charge in [-0.2, -0.15) is 5.10 Å². The zero-order valence-corrected chi connectivity index (χ0v) is 13.2. The molecule has 6 nitrogen and oxygen atoms in total. The second-order valence-corrected chi connectivity index (χ2v) is 5.93. The van der Waals surface area contributed by atoms with Crippen molar-refractivity contribution in [2.75, 3.05) is 31.1 Å². The number of fused-ring (bicyclic) bond motifs is 1. The van der Waals surface area contributed by atoms with Crippen molar-refractivity contribution in [3.8, 4) is 11.5 Å². The van der Waals surface area contributed by atoms with Crippen molar-refractivity contribution in [2.24, 2.45) is 0 Å². The maximum Gasteiger partial charge on any atom is 0.238 e. The van der Waals surface area contributed by atoms with Crippen molar-refractivity contribution in [3.63, 3.8) is 0 Å². The van der Waals surface area contributed by atoms with Crippen molar-refractivity contribution in [3.05, 3.63) is 42.1 Å². The van der Waals surface area contributed by atoms with Gasteiger partial charge in [-0.05, 0) is 29.8 Å². The van der Waals surface area contributed by atoms with Gasteiger partial charge in [-0.15, -0.1) is 5.10 Å². The highest BCUT2D eigenvalue weighted by atomic mass is 16.7. The van der Waals surface area contributed by atoms with E-state index in [1.807, 2.05) is 25.1 Å². The van der Waals surface area contributed by atoms with Gasteiger partial charge in [-0.25, -0.2) is 0 Å². The molecule has 6 heteroatoms. The minimum Gasteiger partial charge on any atom is -0.451 e. The Morgan fingerprint density at radius 2 is 1.91 bits per heavy atom. The van der Waals surface area contributed by atoms with Crippen LogP contribution in [0.25, 0.3) is 0 Å². The van der Waals surface area contributed by atoms with E-state index in [9.17, 15) is 0 Å². The Morgan fingerprint density at radius 3 is 2.70 bits per heavy atom. The lowest BCUT2D eigenvalue weighted by Crippen LogP contribution is -2.46. The number of hydrogen-bond acceptors (Lipinski definition) is 6. The molecule has 0 N–H and O–H groups in total. The second kappa shape index (κ2) is 6.04. The molecule has 2 aliphatic rings. The molecule has 0 saturated carbocycles. The molecule has 3 heterocycles. The van der Waals surface area contributed by atoms with E-state index in [4.69, 9.17) is 9.47 Å². The summed E-state index contributed by atoms with van der Waals surface area (Å²) in [6, 6.07) is 10.2. The highest BCUT2D eigenvalue weighted by Gasteiger charge is 2.22. The molecular formula is C17H20N4O2. The van der Waals surface area contributed by atoms with Crippen molar-refractivity contribution in [1.29, 1.82) is 0 Å². The molecular weight excluding hydrogens is 292 g/mol. The Balaban J connectivity index is 1.36. The van der Waals surface area contributed by atoms with E-state index in [1.54, 1.807) is 6.20 Å². The van der Waals surface area contributed by atoms with Crippen molar-refractivity contribution in [2.45, 2.75) is 19.8 Å². The summed E-state index contributed by atoms with van der Waals surface area (Å²) in [7, 11) is 0. The normalized spacial score (nSPS) is 20.7. The molecule has 1 atom stereocenters. The maximum atomic E-state index is 5.65. The Morgan fingerprint density at radius 1 is 1.09 bits per heavy atom. The van der Waals surface area contributed by atoms with E-state index in [2.05, 4.69) is 32.1 Å². The predicted molar refractivity (Wildman–Crippen MR) is 86.7 cm³/mol. The number of hydrogen-bond donors (Lipinski definition) is 0. The molecule has 4 rings (SSSR count). The highest BCUT2D eigenvalue weighted by molar-refractivity contribution is 5.45. The third kappa shape index (κ3) is 3.07. The number of benzene rings is 1. The zero-order valence-electron chi connectivity index (χ0n) is 13.2. The largest absolute Gasteiger partial charge is 0.451 e. The lowest BCUT2D eigenvalue weighted by atomic mass is 10.1. The van der Waals surface area contributed by atoms with Crippen LogP contribution in [0.4, 0.5) is 5.82 Å². The van der Waals surface area contributed by atoms with Crippen LogP contribution in [0.15, 0.2) is 36.5 Å². The molecule has 0 amide bonds. The van der Waals surface area contributed by atoms with E-state index < -0.39 is 0 Å². The van der Waals surface area contributed by atoms with Gasteiger partial charge >= 0.3 is 0 Å². The van der Waals surface area contributed by atoms with Crippen LogP contribution in [0.1, 0.15) is 12.5 Å². The minimum absolute atomic E-state index is 0.184. The van der Waals surface area contributed by atoms with Gasteiger partial charge < -0.3 is 14.4 Å². The number of nitrogens with zero attached hydrogens (tertiary/aromatic N) is 4. The third-order valence-corrected chi connectivity index (χ3v) is 4.25. The lowest BCUT2D eigenvalue weighted by molar-refractivity contribution is 0.0678. The fourth-order valence-corrected chi connectivity index (χ4v) is 3.08. The van der Waals surface area contributed by atoms with Gasteiger partial charge in [0.15, 0.2) is 17.3 Å². The van der Waals surface area contributed by atoms with Crippen LogP contribution in [-0.4, -0.2) is 47.6 Å². The monoisotopic (exact) mass is 312 g/mol. The summed E-state index contributed by atoms with van der Waals surface area (Å²) in [6.45, 7) is 6.81. The van der Waals surface area contributed by atoms with Crippen LogP contribution in [0.5, 0.6) is 11.5 Å². The van der Waals surface area contributed by atoms with Gasteiger partial charge in [0.1, 0.15) is 0 Å². The molecule has 1 unspecified atom stereocenters. The fraction of sp³-hybridized carbons (Fsp3) is 0.412. The molecule has 0 aliphatic carbocycles. The molecule has 2 aliphatic heterocycles. The summed E-state index contributed by atoms with van der Waals surface area (Å²) >= 11 is 0. The summed E-state index contributed by atoms with van der Waals surface area (Å²) < 4.78 is 11.2. The predicted octanol–water partition coefficient (Wildman–Crippen LogP) is 1.92. The second-order valence-electron chi connectivity index (χ2n) is 5.93. The molecule has 1 aromatic heterocycles.